The van der Waals surface area contributed by atoms with Gasteiger partial charge in [-0.25, -0.2) is 0 Å². The standard InChI is InChI=1S/C19H21NO/c21-19-14(12-13-6-2-1-3-7-13)10-11-16-15-8-4-5-9-17(15)20-18(16)19/h4-5,8-9,12-13,20H,1-3,6-7,10-11H2/b14-12+. The van der Waals surface area contributed by atoms with Gasteiger partial charge >= 0.3 is 0 Å². The third-order valence-electron chi connectivity index (χ3n) is 5.06. The van der Waals surface area contributed by atoms with Crippen molar-refractivity contribution in [2.75, 3.05) is 0 Å². The fourth-order valence-electron chi connectivity index (χ4n) is 3.93. The highest BCUT2D eigenvalue weighted by Gasteiger charge is 2.26. The molecule has 0 unspecified atom stereocenters. The normalized spacial score (nSPS) is 21.9. The van der Waals surface area contributed by atoms with Gasteiger partial charge in [-0.1, -0.05) is 43.5 Å². The van der Waals surface area contributed by atoms with Crippen molar-refractivity contribution in [3.63, 3.8) is 0 Å². The number of hydrogen-bond donors (Lipinski definition) is 1. The minimum absolute atomic E-state index is 0.234. The van der Waals surface area contributed by atoms with Gasteiger partial charge in [-0.05, 0) is 48.8 Å². The second-order valence-corrected chi connectivity index (χ2v) is 6.44. The van der Waals surface area contributed by atoms with Crippen LogP contribution in [-0.4, -0.2) is 10.8 Å². The number of para-hydroxylation sites is 1. The summed E-state index contributed by atoms with van der Waals surface area (Å²) in [5, 5.41) is 1.22. The predicted octanol–water partition coefficient (Wildman–Crippen LogP) is 4.80. The Morgan fingerprint density at radius 3 is 2.71 bits per heavy atom. The fourth-order valence-corrected chi connectivity index (χ4v) is 3.93. The average molecular weight is 279 g/mol. The number of aryl methyl sites for hydroxylation is 1. The molecule has 2 aliphatic rings. The minimum Gasteiger partial charge on any atom is -0.352 e. The third-order valence-corrected chi connectivity index (χ3v) is 5.06. The topological polar surface area (TPSA) is 32.9 Å². The maximum atomic E-state index is 12.8. The largest absolute Gasteiger partial charge is 0.352 e. The van der Waals surface area contributed by atoms with Crippen LogP contribution in [0.3, 0.4) is 0 Å². The van der Waals surface area contributed by atoms with Gasteiger partial charge in [0.05, 0.1) is 5.69 Å². The lowest BCUT2D eigenvalue weighted by atomic mass is 9.83. The van der Waals surface area contributed by atoms with Crippen LogP contribution in [0.5, 0.6) is 0 Å². The van der Waals surface area contributed by atoms with E-state index in [0.717, 1.165) is 29.6 Å². The van der Waals surface area contributed by atoms with Crippen LogP contribution in [0.4, 0.5) is 0 Å². The van der Waals surface area contributed by atoms with Gasteiger partial charge in [0, 0.05) is 10.9 Å². The Morgan fingerprint density at radius 2 is 1.86 bits per heavy atom. The molecule has 0 atom stereocenters. The molecule has 0 saturated heterocycles. The maximum Gasteiger partial charge on any atom is 0.205 e. The first-order valence-corrected chi connectivity index (χ1v) is 8.18. The number of ketones is 1. The van der Waals surface area contributed by atoms with Crippen LogP contribution in [0, 0.1) is 5.92 Å². The lowest BCUT2D eigenvalue weighted by molar-refractivity contribution is 0.102. The fraction of sp³-hybridized carbons (Fsp3) is 0.421. The van der Waals surface area contributed by atoms with Crippen LogP contribution in [0.2, 0.25) is 0 Å². The molecule has 1 aromatic heterocycles. The van der Waals surface area contributed by atoms with Gasteiger partial charge in [0.25, 0.3) is 0 Å². The van der Waals surface area contributed by atoms with Crippen molar-refractivity contribution in [1.82, 2.24) is 4.98 Å². The molecule has 1 N–H and O–H groups in total. The van der Waals surface area contributed by atoms with E-state index in [4.69, 9.17) is 0 Å². The first-order chi connectivity index (χ1) is 10.3. The Hall–Kier alpha value is -1.83. The van der Waals surface area contributed by atoms with E-state index < -0.39 is 0 Å². The van der Waals surface area contributed by atoms with Gasteiger partial charge in [-0.3, -0.25) is 4.79 Å². The summed E-state index contributed by atoms with van der Waals surface area (Å²) in [4.78, 5) is 16.1. The molecule has 0 aliphatic heterocycles. The van der Waals surface area contributed by atoms with Crippen molar-refractivity contribution in [3.05, 3.63) is 47.2 Å². The van der Waals surface area contributed by atoms with E-state index in [0.29, 0.717) is 5.92 Å². The zero-order valence-corrected chi connectivity index (χ0v) is 12.3. The second kappa shape index (κ2) is 5.18. The molecule has 0 amide bonds. The molecule has 2 heteroatoms. The molecule has 0 radical (unpaired) electrons. The molecule has 2 aromatic rings. The molecule has 2 aliphatic carbocycles. The Labute approximate surface area is 125 Å². The molecular formula is C19H21NO. The number of carbonyl (C=O) groups is 1. The number of benzene rings is 1. The molecule has 108 valence electrons. The molecule has 1 saturated carbocycles. The number of aromatic amines is 1. The quantitative estimate of drug-likeness (QED) is 0.747. The molecule has 1 heterocycles. The summed E-state index contributed by atoms with van der Waals surface area (Å²) >= 11 is 0. The zero-order valence-electron chi connectivity index (χ0n) is 12.3. The smallest absolute Gasteiger partial charge is 0.205 e. The number of rotatable bonds is 1. The van der Waals surface area contributed by atoms with Crippen molar-refractivity contribution < 1.29 is 4.79 Å². The van der Waals surface area contributed by atoms with E-state index in [2.05, 4.69) is 23.2 Å². The van der Waals surface area contributed by atoms with Gasteiger partial charge < -0.3 is 4.98 Å². The van der Waals surface area contributed by atoms with Crippen LogP contribution in [0.25, 0.3) is 10.9 Å². The Kier molecular flexibility index (Phi) is 3.17. The monoisotopic (exact) mass is 279 g/mol. The van der Waals surface area contributed by atoms with Crippen molar-refractivity contribution >= 4 is 16.7 Å². The Balaban J connectivity index is 1.69. The van der Waals surface area contributed by atoms with Gasteiger partial charge in [0.15, 0.2) is 0 Å². The van der Waals surface area contributed by atoms with Crippen LogP contribution >= 0.6 is 0 Å². The Bertz CT molecular complexity index is 716. The third kappa shape index (κ3) is 2.23. The number of Topliss-reactive ketones (excluding diaryl/α,β-unsaturated/α-hetero) is 1. The average Bonchev–Trinajstić information content (AvgIpc) is 2.91. The summed E-state index contributed by atoms with van der Waals surface area (Å²) in [6.07, 6.45) is 10.7. The molecule has 1 fully saturated rings. The zero-order chi connectivity index (χ0) is 14.2. The predicted molar refractivity (Wildman–Crippen MR) is 85.6 cm³/mol. The molecular weight excluding hydrogens is 258 g/mol. The summed E-state index contributed by atoms with van der Waals surface area (Å²) in [5.74, 6) is 0.863. The maximum absolute atomic E-state index is 12.8. The van der Waals surface area contributed by atoms with Crippen LogP contribution in [0.15, 0.2) is 35.9 Å². The lowest BCUT2D eigenvalue weighted by Crippen LogP contribution is -2.15. The summed E-state index contributed by atoms with van der Waals surface area (Å²) in [7, 11) is 0. The van der Waals surface area contributed by atoms with E-state index in [9.17, 15) is 4.79 Å². The van der Waals surface area contributed by atoms with Gasteiger partial charge in [0.2, 0.25) is 5.78 Å². The highest BCUT2D eigenvalue weighted by Crippen LogP contribution is 2.33. The van der Waals surface area contributed by atoms with Crippen molar-refractivity contribution in [2.24, 2.45) is 5.92 Å². The Morgan fingerprint density at radius 1 is 1.05 bits per heavy atom. The van der Waals surface area contributed by atoms with Crippen molar-refractivity contribution in [2.45, 2.75) is 44.9 Å². The van der Waals surface area contributed by atoms with E-state index >= 15 is 0 Å². The van der Waals surface area contributed by atoms with Gasteiger partial charge in [-0.15, -0.1) is 0 Å². The summed E-state index contributed by atoms with van der Waals surface area (Å²) in [6.45, 7) is 0. The number of hydrogen-bond acceptors (Lipinski definition) is 1. The molecule has 21 heavy (non-hydrogen) atoms. The van der Waals surface area contributed by atoms with E-state index in [1.807, 2.05) is 12.1 Å². The summed E-state index contributed by atoms with van der Waals surface area (Å²) in [5.41, 5.74) is 4.19. The number of fused-ring (bicyclic) bond motifs is 3. The minimum atomic E-state index is 0.234. The van der Waals surface area contributed by atoms with E-state index in [-0.39, 0.29) is 5.78 Å². The number of H-pyrrole nitrogens is 1. The van der Waals surface area contributed by atoms with Crippen LogP contribution in [0.1, 0.15) is 54.6 Å². The lowest BCUT2D eigenvalue weighted by Gasteiger charge is -2.21. The second-order valence-electron chi connectivity index (χ2n) is 6.44. The first-order valence-electron chi connectivity index (χ1n) is 8.18. The van der Waals surface area contributed by atoms with Crippen molar-refractivity contribution in [1.29, 1.82) is 0 Å². The highest BCUT2D eigenvalue weighted by molar-refractivity contribution is 6.12. The molecule has 1 aromatic carbocycles. The van der Waals surface area contributed by atoms with Gasteiger partial charge in [0.1, 0.15) is 0 Å². The summed E-state index contributed by atoms with van der Waals surface area (Å²) in [6, 6.07) is 8.25. The highest BCUT2D eigenvalue weighted by atomic mass is 16.1. The molecule has 2 nitrogen and oxygen atoms in total. The van der Waals surface area contributed by atoms with Crippen molar-refractivity contribution in [3.8, 4) is 0 Å². The molecule has 0 spiro atoms. The molecule has 0 bridgehead atoms. The summed E-state index contributed by atoms with van der Waals surface area (Å²) < 4.78 is 0. The van der Waals surface area contributed by atoms with Crippen LogP contribution in [-0.2, 0) is 6.42 Å². The molecule has 4 rings (SSSR count). The van der Waals surface area contributed by atoms with Crippen LogP contribution < -0.4 is 0 Å². The van der Waals surface area contributed by atoms with E-state index in [1.54, 1.807) is 0 Å². The van der Waals surface area contributed by atoms with Gasteiger partial charge in [-0.2, -0.15) is 0 Å². The number of carbonyl (C=O) groups excluding carboxylic acids is 1. The number of aromatic nitrogens is 1. The number of nitrogens with one attached hydrogen (secondary N) is 1. The van der Waals surface area contributed by atoms with E-state index in [1.165, 1.54) is 43.1 Å². The SMILES string of the molecule is O=C1/C(=C/C2CCCCC2)CCc2c1[nH]c1ccccc21. The number of allylic oxidation sites excluding steroid dienone is 2. The first kappa shape index (κ1) is 12.9.